The molecule has 2 nitrogen and oxygen atoms in total. The fraction of sp³-hybridized carbons (Fsp3) is 0.267. The predicted octanol–water partition coefficient (Wildman–Crippen LogP) is 4.65. The van der Waals surface area contributed by atoms with Gasteiger partial charge in [-0.3, -0.25) is 4.79 Å². The molecule has 0 radical (unpaired) electrons. The van der Waals surface area contributed by atoms with Gasteiger partial charge >= 0.3 is 0 Å². The standard InChI is InChI=1S/C15H16BrNOS/c1-10-6-4-7-12(14(10)16)15(18)17(3)11(2)13-8-5-9-19-13/h4-9,11H,1-3H3. The summed E-state index contributed by atoms with van der Waals surface area (Å²) < 4.78 is 0.880. The minimum atomic E-state index is 0.0384. The Bertz CT molecular complexity index is 580. The van der Waals surface area contributed by atoms with Crippen LogP contribution in [-0.2, 0) is 0 Å². The molecule has 4 heteroatoms. The van der Waals surface area contributed by atoms with E-state index in [9.17, 15) is 4.79 Å². The number of rotatable bonds is 3. The van der Waals surface area contributed by atoms with Crippen molar-refractivity contribution in [1.29, 1.82) is 0 Å². The molecule has 1 heterocycles. The topological polar surface area (TPSA) is 20.3 Å². The average Bonchev–Trinajstić information content (AvgIpc) is 2.93. The van der Waals surface area contributed by atoms with Gasteiger partial charge in [0.25, 0.3) is 5.91 Å². The van der Waals surface area contributed by atoms with Gasteiger partial charge in [0.2, 0.25) is 0 Å². The number of hydrogen-bond donors (Lipinski definition) is 0. The monoisotopic (exact) mass is 337 g/mol. The number of thiophene rings is 1. The molecule has 1 atom stereocenters. The van der Waals surface area contributed by atoms with Crippen molar-refractivity contribution in [2.24, 2.45) is 0 Å². The van der Waals surface area contributed by atoms with Crippen LogP contribution in [0.2, 0.25) is 0 Å². The maximum absolute atomic E-state index is 12.6. The zero-order valence-corrected chi connectivity index (χ0v) is 13.6. The van der Waals surface area contributed by atoms with Crippen LogP contribution in [0.4, 0.5) is 0 Å². The van der Waals surface area contributed by atoms with E-state index in [2.05, 4.69) is 22.0 Å². The summed E-state index contributed by atoms with van der Waals surface area (Å²) in [5, 5.41) is 2.03. The molecule has 0 saturated carbocycles. The average molecular weight is 338 g/mol. The van der Waals surface area contributed by atoms with Gasteiger partial charge in [-0.15, -0.1) is 11.3 Å². The van der Waals surface area contributed by atoms with E-state index in [4.69, 9.17) is 0 Å². The lowest BCUT2D eigenvalue weighted by atomic mass is 10.1. The lowest BCUT2D eigenvalue weighted by Gasteiger charge is -2.25. The third-order valence-corrected chi connectivity index (χ3v) is 5.37. The van der Waals surface area contributed by atoms with Crippen molar-refractivity contribution in [2.45, 2.75) is 19.9 Å². The Morgan fingerprint density at radius 1 is 1.32 bits per heavy atom. The first-order valence-electron chi connectivity index (χ1n) is 6.08. The normalized spacial score (nSPS) is 12.2. The van der Waals surface area contributed by atoms with E-state index in [1.807, 2.05) is 50.5 Å². The second-order valence-electron chi connectivity index (χ2n) is 4.54. The Morgan fingerprint density at radius 2 is 2.05 bits per heavy atom. The number of nitrogens with zero attached hydrogens (tertiary/aromatic N) is 1. The number of amides is 1. The molecule has 2 rings (SSSR count). The Labute approximate surface area is 126 Å². The van der Waals surface area contributed by atoms with E-state index in [1.165, 1.54) is 4.88 Å². The largest absolute Gasteiger partial charge is 0.334 e. The van der Waals surface area contributed by atoms with Crippen LogP contribution in [0, 0.1) is 6.92 Å². The molecule has 19 heavy (non-hydrogen) atoms. The number of carbonyl (C=O) groups excluding carboxylic acids is 1. The van der Waals surface area contributed by atoms with Gasteiger partial charge in [0, 0.05) is 16.4 Å². The molecule has 0 bridgehead atoms. The zero-order chi connectivity index (χ0) is 14.0. The fourth-order valence-electron chi connectivity index (χ4n) is 1.90. The second kappa shape index (κ2) is 5.88. The summed E-state index contributed by atoms with van der Waals surface area (Å²) in [7, 11) is 1.85. The fourth-order valence-corrected chi connectivity index (χ4v) is 3.16. The highest BCUT2D eigenvalue weighted by molar-refractivity contribution is 9.10. The van der Waals surface area contributed by atoms with Crippen molar-refractivity contribution in [3.63, 3.8) is 0 Å². The summed E-state index contributed by atoms with van der Waals surface area (Å²) in [6, 6.07) is 9.92. The van der Waals surface area contributed by atoms with Crippen molar-refractivity contribution in [3.05, 3.63) is 56.2 Å². The van der Waals surface area contributed by atoms with Crippen LogP contribution in [0.15, 0.2) is 40.2 Å². The molecule has 0 saturated heterocycles. The molecule has 0 fully saturated rings. The molecule has 1 aromatic carbocycles. The van der Waals surface area contributed by atoms with Crippen molar-refractivity contribution in [1.82, 2.24) is 4.90 Å². The van der Waals surface area contributed by atoms with Gasteiger partial charge in [-0.2, -0.15) is 0 Å². The summed E-state index contributed by atoms with van der Waals surface area (Å²) in [6.45, 7) is 4.04. The Kier molecular flexibility index (Phi) is 4.42. The van der Waals surface area contributed by atoms with E-state index in [0.717, 1.165) is 10.0 Å². The third-order valence-electron chi connectivity index (χ3n) is 3.28. The maximum atomic E-state index is 12.6. The van der Waals surface area contributed by atoms with Gasteiger partial charge in [0.15, 0.2) is 0 Å². The molecule has 0 spiro atoms. The molecule has 0 aliphatic rings. The highest BCUT2D eigenvalue weighted by Crippen LogP contribution is 2.27. The molecule has 1 aromatic heterocycles. The molecule has 0 aliphatic carbocycles. The van der Waals surface area contributed by atoms with Crippen LogP contribution in [0.5, 0.6) is 0 Å². The van der Waals surface area contributed by atoms with Gasteiger partial charge in [-0.05, 0) is 52.9 Å². The summed E-state index contributed by atoms with van der Waals surface area (Å²) in [4.78, 5) is 15.5. The number of aryl methyl sites for hydroxylation is 1. The number of hydrogen-bond acceptors (Lipinski definition) is 2. The molecular weight excluding hydrogens is 322 g/mol. The van der Waals surface area contributed by atoms with E-state index in [-0.39, 0.29) is 11.9 Å². The molecule has 0 aliphatic heterocycles. The lowest BCUT2D eigenvalue weighted by molar-refractivity contribution is 0.0744. The number of halogens is 1. The van der Waals surface area contributed by atoms with Gasteiger partial charge in [-0.1, -0.05) is 18.2 Å². The summed E-state index contributed by atoms with van der Waals surface area (Å²) >= 11 is 5.18. The van der Waals surface area contributed by atoms with Gasteiger partial charge in [0.05, 0.1) is 11.6 Å². The van der Waals surface area contributed by atoms with Crippen LogP contribution in [0.3, 0.4) is 0 Å². The van der Waals surface area contributed by atoms with Gasteiger partial charge in [-0.25, -0.2) is 0 Å². The number of carbonyl (C=O) groups is 1. The number of benzene rings is 1. The van der Waals surface area contributed by atoms with Crippen LogP contribution < -0.4 is 0 Å². The third kappa shape index (κ3) is 2.90. The minimum absolute atomic E-state index is 0.0384. The Morgan fingerprint density at radius 3 is 2.68 bits per heavy atom. The summed E-state index contributed by atoms with van der Waals surface area (Å²) in [5.74, 6) is 0.0384. The molecule has 2 aromatic rings. The second-order valence-corrected chi connectivity index (χ2v) is 6.32. The zero-order valence-electron chi connectivity index (χ0n) is 11.2. The minimum Gasteiger partial charge on any atom is -0.334 e. The van der Waals surface area contributed by atoms with Gasteiger partial charge in [0.1, 0.15) is 0 Å². The van der Waals surface area contributed by atoms with E-state index in [0.29, 0.717) is 5.56 Å². The highest BCUT2D eigenvalue weighted by Gasteiger charge is 2.21. The summed E-state index contributed by atoms with van der Waals surface area (Å²) in [6.07, 6.45) is 0. The molecule has 1 unspecified atom stereocenters. The lowest BCUT2D eigenvalue weighted by Crippen LogP contribution is -2.29. The Hall–Kier alpha value is -1.13. The first-order chi connectivity index (χ1) is 9.02. The predicted molar refractivity (Wildman–Crippen MR) is 83.7 cm³/mol. The SMILES string of the molecule is Cc1cccc(C(=O)N(C)C(C)c2cccs2)c1Br. The van der Waals surface area contributed by atoms with E-state index >= 15 is 0 Å². The van der Waals surface area contributed by atoms with Crippen molar-refractivity contribution >= 4 is 33.2 Å². The maximum Gasteiger partial charge on any atom is 0.255 e. The van der Waals surface area contributed by atoms with Crippen molar-refractivity contribution in [2.75, 3.05) is 7.05 Å². The molecule has 100 valence electrons. The quantitative estimate of drug-likeness (QED) is 0.798. The first kappa shape index (κ1) is 14.3. The highest BCUT2D eigenvalue weighted by atomic mass is 79.9. The van der Waals surface area contributed by atoms with Crippen molar-refractivity contribution in [3.8, 4) is 0 Å². The van der Waals surface area contributed by atoms with E-state index in [1.54, 1.807) is 16.2 Å². The van der Waals surface area contributed by atoms with E-state index < -0.39 is 0 Å². The van der Waals surface area contributed by atoms with Crippen LogP contribution in [0.1, 0.15) is 33.8 Å². The van der Waals surface area contributed by atoms with Gasteiger partial charge < -0.3 is 4.90 Å². The summed E-state index contributed by atoms with van der Waals surface area (Å²) in [5.41, 5.74) is 1.79. The molecule has 0 N–H and O–H groups in total. The van der Waals surface area contributed by atoms with Crippen LogP contribution in [0.25, 0.3) is 0 Å². The molecular formula is C15H16BrNOS. The van der Waals surface area contributed by atoms with Crippen LogP contribution in [-0.4, -0.2) is 17.9 Å². The first-order valence-corrected chi connectivity index (χ1v) is 7.75. The smallest absolute Gasteiger partial charge is 0.255 e. The Balaban J connectivity index is 2.26. The molecule has 1 amide bonds. The van der Waals surface area contributed by atoms with Crippen molar-refractivity contribution < 1.29 is 4.79 Å². The van der Waals surface area contributed by atoms with Crippen LogP contribution >= 0.6 is 27.3 Å².